The second-order valence-corrected chi connectivity index (χ2v) is 7.80. The van der Waals surface area contributed by atoms with Gasteiger partial charge in [-0.3, -0.25) is 9.89 Å². The maximum atomic E-state index is 14.9. The molecule has 0 spiro atoms. The number of fused-ring (bicyclic) bond motifs is 1. The lowest BCUT2D eigenvalue weighted by atomic mass is 9.95. The molecule has 1 unspecified atom stereocenters. The summed E-state index contributed by atoms with van der Waals surface area (Å²) >= 11 is 5.99. The van der Waals surface area contributed by atoms with Crippen LogP contribution in [-0.4, -0.2) is 26.1 Å². The molecular formula is C24H17ClFN3O2. The number of para-hydroxylation sites is 1. The average molecular weight is 434 g/mol. The Hall–Kier alpha value is -3.64. The molecule has 2 N–H and O–H groups in total. The molecule has 4 aromatic rings. The molecule has 2 heterocycles. The molecule has 0 radical (unpaired) electrons. The number of carbonyl (C=O) groups excluding carboxylic acids is 1. The minimum Gasteiger partial charge on any atom is -0.507 e. The summed E-state index contributed by atoms with van der Waals surface area (Å²) in [5.74, 6) is -0.668. The molecule has 5 nitrogen and oxygen atoms in total. The third kappa shape index (κ3) is 3.25. The van der Waals surface area contributed by atoms with Crippen molar-refractivity contribution in [3.05, 3.63) is 106 Å². The Kier molecular flexibility index (Phi) is 4.71. The van der Waals surface area contributed by atoms with E-state index >= 15 is 0 Å². The first-order chi connectivity index (χ1) is 15.0. The van der Waals surface area contributed by atoms with Crippen LogP contribution in [-0.2, 0) is 6.54 Å². The smallest absolute Gasteiger partial charge is 0.273 e. The number of hydrogen-bond donors (Lipinski definition) is 2. The molecule has 0 saturated carbocycles. The molecule has 0 saturated heterocycles. The molecule has 1 amide bonds. The molecule has 5 rings (SSSR count). The molecule has 1 aliphatic heterocycles. The highest BCUT2D eigenvalue weighted by atomic mass is 35.5. The number of amides is 1. The molecular weight excluding hydrogens is 417 g/mol. The molecule has 31 heavy (non-hydrogen) atoms. The number of aromatic amines is 1. The number of nitrogens with zero attached hydrogens (tertiary/aromatic N) is 2. The average Bonchev–Trinajstić information content (AvgIpc) is 3.30. The topological polar surface area (TPSA) is 69.2 Å². The van der Waals surface area contributed by atoms with Gasteiger partial charge in [0, 0.05) is 28.3 Å². The van der Waals surface area contributed by atoms with Crippen LogP contribution in [0.3, 0.4) is 0 Å². The van der Waals surface area contributed by atoms with Crippen molar-refractivity contribution in [3.63, 3.8) is 0 Å². The van der Waals surface area contributed by atoms with Gasteiger partial charge in [-0.05, 0) is 35.9 Å². The van der Waals surface area contributed by atoms with Crippen molar-refractivity contribution in [1.82, 2.24) is 15.1 Å². The molecule has 1 aromatic heterocycles. The van der Waals surface area contributed by atoms with Crippen LogP contribution >= 0.6 is 11.6 Å². The number of aromatic nitrogens is 2. The van der Waals surface area contributed by atoms with Gasteiger partial charge in [0.2, 0.25) is 0 Å². The number of carbonyl (C=O) groups is 1. The van der Waals surface area contributed by atoms with Gasteiger partial charge < -0.3 is 10.0 Å². The number of hydrogen-bond acceptors (Lipinski definition) is 3. The van der Waals surface area contributed by atoms with Crippen LogP contribution in [0.1, 0.15) is 33.2 Å². The van der Waals surface area contributed by atoms with E-state index in [1.54, 1.807) is 59.5 Å². The molecule has 1 aliphatic rings. The highest BCUT2D eigenvalue weighted by Crippen LogP contribution is 2.45. The van der Waals surface area contributed by atoms with Gasteiger partial charge in [-0.2, -0.15) is 5.10 Å². The van der Waals surface area contributed by atoms with Crippen molar-refractivity contribution >= 4 is 17.5 Å². The normalized spacial score (nSPS) is 15.4. The Labute approximate surface area is 182 Å². The largest absolute Gasteiger partial charge is 0.507 e. The fraction of sp³-hybridized carbons (Fsp3) is 0.0833. The van der Waals surface area contributed by atoms with Crippen LogP contribution < -0.4 is 0 Å². The van der Waals surface area contributed by atoms with Gasteiger partial charge in [0.05, 0.1) is 6.04 Å². The SMILES string of the molecule is O=C1c2[nH]nc(-c3ccccc3O)c2C(c2ccccc2F)N1Cc1ccc(Cl)cc1. The lowest BCUT2D eigenvalue weighted by Gasteiger charge is -2.27. The number of rotatable bonds is 4. The Morgan fingerprint density at radius 2 is 1.74 bits per heavy atom. The number of aromatic hydroxyl groups is 1. The first-order valence-corrected chi connectivity index (χ1v) is 10.1. The summed E-state index contributed by atoms with van der Waals surface area (Å²) in [6, 6.07) is 19.6. The molecule has 7 heteroatoms. The van der Waals surface area contributed by atoms with Crippen LogP contribution in [0.5, 0.6) is 5.75 Å². The van der Waals surface area contributed by atoms with E-state index in [0.29, 0.717) is 33.1 Å². The van der Waals surface area contributed by atoms with E-state index in [0.717, 1.165) is 5.56 Å². The first-order valence-electron chi connectivity index (χ1n) is 9.71. The number of nitrogens with one attached hydrogen (secondary N) is 1. The van der Waals surface area contributed by atoms with E-state index in [9.17, 15) is 14.3 Å². The predicted molar refractivity (Wildman–Crippen MR) is 115 cm³/mol. The first kappa shape index (κ1) is 19.3. The maximum Gasteiger partial charge on any atom is 0.273 e. The minimum absolute atomic E-state index is 0.0349. The number of phenolic OH excluding ortho intramolecular Hbond substituents is 1. The van der Waals surface area contributed by atoms with E-state index in [4.69, 9.17) is 11.6 Å². The van der Waals surface area contributed by atoms with Gasteiger partial charge >= 0.3 is 0 Å². The van der Waals surface area contributed by atoms with Crippen molar-refractivity contribution < 1.29 is 14.3 Å². The Bertz CT molecular complexity index is 1290. The fourth-order valence-corrected chi connectivity index (χ4v) is 4.17. The maximum absolute atomic E-state index is 14.9. The van der Waals surface area contributed by atoms with Crippen LogP contribution in [0.4, 0.5) is 4.39 Å². The van der Waals surface area contributed by atoms with Crippen molar-refractivity contribution in [2.75, 3.05) is 0 Å². The summed E-state index contributed by atoms with van der Waals surface area (Å²) in [5, 5.41) is 18.1. The molecule has 3 aromatic carbocycles. The van der Waals surface area contributed by atoms with Crippen molar-refractivity contribution in [1.29, 1.82) is 0 Å². The van der Waals surface area contributed by atoms with Gasteiger partial charge in [-0.25, -0.2) is 4.39 Å². The molecule has 0 fully saturated rings. The third-order valence-electron chi connectivity index (χ3n) is 5.49. The quantitative estimate of drug-likeness (QED) is 0.457. The lowest BCUT2D eigenvalue weighted by Crippen LogP contribution is -2.29. The monoisotopic (exact) mass is 433 g/mol. The number of H-pyrrole nitrogens is 1. The predicted octanol–water partition coefficient (Wildman–Crippen LogP) is 5.32. The molecule has 1 atom stereocenters. The van der Waals surface area contributed by atoms with Crippen LogP contribution in [0, 0.1) is 5.82 Å². The highest BCUT2D eigenvalue weighted by molar-refractivity contribution is 6.30. The van der Waals surface area contributed by atoms with Crippen LogP contribution in [0.2, 0.25) is 5.02 Å². The Balaban J connectivity index is 1.68. The van der Waals surface area contributed by atoms with Crippen LogP contribution in [0.25, 0.3) is 11.3 Å². The fourth-order valence-electron chi connectivity index (χ4n) is 4.05. The lowest BCUT2D eigenvalue weighted by molar-refractivity contribution is 0.0728. The minimum atomic E-state index is -0.701. The van der Waals surface area contributed by atoms with Gasteiger partial charge in [0.25, 0.3) is 5.91 Å². The van der Waals surface area contributed by atoms with E-state index in [1.807, 2.05) is 12.1 Å². The van der Waals surface area contributed by atoms with Gasteiger partial charge in [-0.15, -0.1) is 0 Å². The van der Waals surface area contributed by atoms with Gasteiger partial charge in [0.15, 0.2) is 0 Å². The number of halogens is 2. The zero-order chi connectivity index (χ0) is 21.5. The zero-order valence-electron chi connectivity index (χ0n) is 16.2. The van der Waals surface area contributed by atoms with E-state index in [-0.39, 0.29) is 18.2 Å². The summed E-state index contributed by atoms with van der Waals surface area (Å²) < 4.78 is 14.9. The second kappa shape index (κ2) is 7.56. The van der Waals surface area contributed by atoms with E-state index in [2.05, 4.69) is 10.2 Å². The highest BCUT2D eigenvalue weighted by Gasteiger charge is 2.43. The third-order valence-corrected chi connectivity index (χ3v) is 5.74. The standard InChI is InChI=1S/C24H17ClFN3O2/c25-15-11-9-14(10-12-15)13-29-23(16-5-1-3-7-18(16)26)20-21(27-28-22(20)24(29)31)17-6-2-4-8-19(17)30/h1-12,23,30H,13H2,(H,27,28). The van der Waals surface area contributed by atoms with Crippen LogP contribution in [0.15, 0.2) is 72.8 Å². The molecule has 0 aliphatic carbocycles. The van der Waals surface area contributed by atoms with Crippen molar-refractivity contribution in [3.8, 4) is 17.0 Å². The van der Waals surface area contributed by atoms with Crippen molar-refractivity contribution in [2.24, 2.45) is 0 Å². The van der Waals surface area contributed by atoms with Crippen molar-refractivity contribution in [2.45, 2.75) is 12.6 Å². The summed E-state index contributed by atoms with van der Waals surface area (Å²) in [4.78, 5) is 14.9. The summed E-state index contributed by atoms with van der Waals surface area (Å²) in [7, 11) is 0. The molecule has 154 valence electrons. The second-order valence-electron chi connectivity index (χ2n) is 7.36. The summed E-state index contributed by atoms with van der Waals surface area (Å²) in [5.41, 5.74) is 2.96. The summed E-state index contributed by atoms with van der Waals surface area (Å²) in [6.07, 6.45) is 0. The zero-order valence-corrected chi connectivity index (χ0v) is 17.0. The number of benzene rings is 3. The van der Waals surface area contributed by atoms with E-state index in [1.165, 1.54) is 6.07 Å². The summed E-state index contributed by atoms with van der Waals surface area (Å²) in [6.45, 7) is 0.262. The Morgan fingerprint density at radius 1 is 1.03 bits per heavy atom. The van der Waals surface area contributed by atoms with Gasteiger partial charge in [-0.1, -0.05) is 54.1 Å². The van der Waals surface area contributed by atoms with Gasteiger partial charge in [0.1, 0.15) is 23.0 Å². The number of phenols is 1. The van der Waals surface area contributed by atoms with E-state index < -0.39 is 11.9 Å². The molecule has 0 bridgehead atoms. The Morgan fingerprint density at radius 3 is 2.48 bits per heavy atom.